The summed E-state index contributed by atoms with van der Waals surface area (Å²) < 4.78 is 16.3. The maximum absolute atomic E-state index is 5.59. The Hall–Kier alpha value is -1.26. The Bertz CT molecular complexity index is 410. The first kappa shape index (κ1) is 14.2. The zero-order chi connectivity index (χ0) is 13.7. The van der Waals surface area contributed by atoms with Crippen molar-refractivity contribution in [1.29, 1.82) is 0 Å². The SMILES string of the molecule is COc1cccc(CNCC2(OC)CCC2)c1OC. The van der Waals surface area contributed by atoms with Crippen molar-refractivity contribution in [2.75, 3.05) is 27.9 Å². The molecule has 0 aromatic heterocycles. The van der Waals surface area contributed by atoms with Crippen LogP contribution in [-0.4, -0.2) is 33.5 Å². The molecule has 0 radical (unpaired) electrons. The van der Waals surface area contributed by atoms with Crippen molar-refractivity contribution in [2.24, 2.45) is 0 Å². The summed E-state index contributed by atoms with van der Waals surface area (Å²) >= 11 is 0. The quantitative estimate of drug-likeness (QED) is 0.821. The van der Waals surface area contributed by atoms with Crippen molar-refractivity contribution in [3.05, 3.63) is 23.8 Å². The Morgan fingerprint density at radius 2 is 1.95 bits per heavy atom. The molecule has 1 aromatic carbocycles. The number of nitrogens with one attached hydrogen (secondary N) is 1. The van der Waals surface area contributed by atoms with Crippen LogP contribution in [0.5, 0.6) is 11.5 Å². The van der Waals surface area contributed by atoms with E-state index in [1.807, 2.05) is 12.1 Å². The predicted octanol–water partition coefficient (Wildman–Crippen LogP) is 2.36. The molecular weight excluding hydrogens is 242 g/mol. The van der Waals surface area contributed by atoms with Crippen molar-refractivity contribution >= 4 is 0 Å². The maximum Gasteiger partial charge on any atom is 0.165 e. The molecule has 0 amide bonds. The third-order valence-electron chi connectivity index (χ3n) is 3.94. The lowest BCUT2D eigenvalue weighted by Crippen LogP contribution is -2.47. The van der Waals surface area contributed by atoms with Gasteiger partial charge in [-0.25, -0.2) is 0 Å². The van der Waals surface area contributed by atoms with Crippen LogP contribution in [0.15, 0.2) is 18.2 Å². The predicted molar refractivity (Wildman–Crippen MR) is 74.8 cm³/mol. The summed E-state index contributed by atoms with van der Waals surface area (Å²) in [5, 5.41) is 3.46. The fourth-order valence-corrected chi connectivity index (χ4v) is 2.54. The van der Waals surface area contributed by atoms with E-state index in [1.165, 1.54) is 6.42 Å². The van der Waals surface area contributed by atoms with Crippen LogP contribution in [0.3, 0.4) is 0 Å². The summed E-state index contributed by atoms with van der Waals surface area (Å²) in [7, 11) is 5.13. The molecule has 0 bridgehead atoms. The topological polar surface area (TPSA) is 39.7 Å². The van der Waals surface area contributed by atoms with Gasteiger partial charge in [-0.05, 0) is 25.3 Å². The van der Waals surface area contributed by atoms with Crippen LogP contribution in [0.25, 0.3) is 0 Å². The summed E-state index contributed by atoms with van der Waals surface area (Å²) in [5.74, 6) is 1.57. The molecule has 1 aliphatic rings. The minimum Gasteiger partial charge on any atom is -0.493 e. The van der Waals surface area contributed by atoms with Gasteiger partial charge < -0.3 is 19.5 Å². The molecule has 106 valence electrons. The number of benzene rings is 1. The lowest BCUT2D eigenvalue weighted by molar-refractivity contribution is -0.0695. The molecule has 0 atom stereocenters. The lowest BCUT2D eigenvalue weighted by atomic mass is 9.80. The average Bonchev–Trinajstić information content (AvgIpc) is 2.41. The molecule has 4 heteroatoms. The molecular formula is C15H23NO3. The van der Waals surface area contributed by atoms with Gasteiger partial charge in [0.15, 0.2) is 11.5 Å². The highest BCUT2D eigenvalue weighted by molar-refractivity contribution is 5.46. The van der Waals surface area contributed by atoms with Crippen molar-refractivity contribution in [3.63, 3.8) is 0 Å². The largest absolute Gasteiger partial charge is 0.493 e. The second kappa shape index (κ2) is 6.26. The minimum atomic E-state index is 0.0477. The Morgan fingerprint density at radius 1 is 1.16 bits per heavy atom. The first-order valence-corrected chi connectivity index (χ1v) is 6.70. The summed E-state index contributed by atoms with van der Waals surface area (Å²) in [4.78, 5) is 0. The zero-order valence-electron chi connectivity index (χ0n) is 12.0. The molecule has 2 rings (SSSR count). The van der Waals surface area contributed by atoms with Crippen molar-refractivity contribution in [1.82, 2.24) is 5.32 Å². The maximum atomic E-state index is 5.59. The third-order valence-corrected chi connectivity index (χ3v) is 3.94. The molecule has 0 aliphatic heterocycles. The van der Waals surface area contributed by atoms with Crippen LogP contribution >= 0.6 is 0 Å². The van der Waals surface area contributed by atoms with Crippen LogP contribution in [0, 0.1) is 0 Å². The molecule has 0 saturated heterocycles. The first-order valence-electron chi connectivity index (χ1n) is 6.70. The first-order chi connectivity index (χ1) is 9.24. The molecule has 0 spiro atoms. The molecule has 1 aromatic rings. The molecule has 1 saturated carbocycles. The highest BCUT2D eigenvalue weighted by Crippen LogP contribution is 2.35. The van der Waals surface area contributed by atoms with Gasteiger partial charge in [-0.2, -0.15) is 0 Å². The summed E-state index contributed by atoms with van der Waals surface area (Å²) in [6, 6.07) is 5.94. The molecule has 1 aliphatic carbocycles. The van der Waals surface area contributed by atoms with Gasteiger partial charge in [0.1, 0.15) is 0 Å². The van der Waals surface area contributed by atoms with Gasteiger partial charge in [-0.3, -0.25) is 0 Å². The Kier molecular flexibility index (Phi) is 4.66. The van der Waals surface area contributed by atoms with E-state index in [9.17, 15) is 0 Å². The smallest absolute Gasteiger partial charge is 0.165 e. The van der Waals surface area contributed by atoms with Gasteiger partial charge in [-0.15, -0.1) is 0 Å². The van der Waals surface area contributed by atoms with E-state index in [4.69, 9.17) is 14.2 Å². The van der Waals surface area contributed by atoms with E-state index in [0.29, 0.717) is 0 Å². The van der Waals surface area contributed by atoms with Crippen LogP contribution < -0.4 is 14.8 Å². The molecule has 0 heterocycles. The zero-order valence-corrected chi connectivity index (χ0v) is 12.0. The van der Waals surface area contributed by atoms with Crippen molar-refractivity contribution in [2.45, 2.75) is 31.4 Å². The summed E-state index contributed by atoms with van der Waals surface area (Å²) in [5.41, 5.74) is 1.15. The van der Waals surface area contributed by atoms with Gasteiger partial charge in [-0.1, -0.05) is 12.1 Å². The number of hydrogen-bond donors (Lipinski definition) is 1. The normalized spacial score (nSPS) is 16.8. The van der Waals surface area contributed by atoms with Crippen LogP contribution in [0.4, 0.5) is 0 Å². The molecule has 1 N–H and O–H groups in total. The third kappa shape index (κ3) is 3.01. The van der Waals surface area contributed by atoms with Crippen LogP contribution in [0.1, 0.15) is 24.8 Å². The fraction of sp³-hybridized carbons (Fsp3) is 0.600. The average molecular weight is 265 g/mol. The summed E-state index contributed by atoms with van der Waals surface area (Å²) in [6.07, 6.45) is 3.55. The van der Waals surface area contributed by atoms with E-state index < -0.39 is 0 Å². The van der Waals surface area contributed by atoms with Crippen molar-refractivity contribution in [3.8, 4) is 11.5 Å². The highest BCUT2D eigenvalue weighted by atomic mass is 16.5. The number of rotatable bonds is 7. The lowest BCUT2D eigenvalue weighted by Gasteiger charge is -2.40. The molecule has 1 fully saturated rings. The van der Waals surface area contributed by atoms with Gasteiger partial charge in [0.2, 0.25) is 0 Å². The standard InChI is InChI=1S/C15H23NO3/c1-17-13-7-4-6-12(14(13)18-2)10-16-11-15(19-3)8-5-9-15/h4,6-7,16H,5,8-11H2,1-3H3. The highest BCUT2D eigenvalue weighted by Gasteiger charge is 2.36. The number of methoxy groups -OCH3 is 3. The van der Waals surface area contributed by atoms with E-state index in [-0.39, 0.29) is 5.60 Å². The fourth-order valence-electron chi connectivity index (χ4n) is 2.54. The molecule has 0 unspecified atom stereocenters. The Morgan fingerprint density at radius 3 is 2.47 bits per heavy atom. The summed E-state index contributed by atoms with van der Waals surface area (Å²) in [6.45, 7) is 1.63. The van der Waals surface area contributed by atoms with E-state index >= 15 is 0 Å². The molecule has 19 heavy (non-hydrogen) atoms. The van der Waals surface area contributed by atoms with E-state index in [2.05, 4.69) is 11.4 Å². The van der Waals surface area contributed by atoms with Gasteiger partial charge in [0, 0.05) is 25.8 Å². The van der Waals surface area contributed by atoms with Crippen LogP contribution in [0.2, 0.25) is 0 Å². The van der Waals surface area contributed by atoms with Crippen molar-refractivity contribution < 1.29 is 14.2 Å². The monoisotopic (exact) mass is 265 g/mol. The Labute approximate surface area is 115 Å². The van der Waals surface area contributed by atoms with Gasteiger partial charge >= 0.3 is 0 Å². The number of hydrogen-bond acceptors (Lipinski definition) is 4. The second-order valence-electron chi connectivity index (χ2n) is 5.00. The van der Waals surface area contributed by atoms with Crippen LogP contribution in [-0.2, 0) is 11.3 Å². The number of para-hydroxylation sites is 1. The van der Waals surface area contributed by atoms with E-state index in [1.54, 1.807) is 21.3 Å². The molecule has 4 nitrogen and oxygen atoms in total. The second-order valence-corrected chi connectivity index (χ2v) is 5.00. The van der Waals surface area contributed by atoms with Gasteiger partial charge in [0.25, 0.3) is 0 Å². The van der Waals surface area contributed by atoms with E-state index in [0.717, 1.165) is 43.0 Å². The number of ether oxygens (including phenoxy) is 3. The minimum absolute atomic E-state index is 0.0477. The van der Waals surface area contributed by atoms with Gasteiger partial charge in [0.05, 0.1) is 19.8 Å². The Balaban J connectivity index is 1.95.